The second kappa shape index (κ2) is 6.69. The molecule has 1 aromatic carbocycles. The maximum Gasteiger partial charge on any atom is 0.260 e. The van der Waals surface area contributed by atoms with Gasteiger partial charge in [-0.15, -0.1) is 0 Å². The molecular weight excluding hydrogens is 390 g/mol. The molecule has 1 heterocycles. The van der Waals surface area contributed by atoms with E-state index in [9.17, 15) is 0 Å². The molecule has 5 nitrogen and oxygen atoms in total. The Hall–Kier alpha value is -0.920. The van der Waals surface area contributed by atoms with E-state index in [0.717, 1.165) is 15.4 Å². The molecule has 1 aromatic heterocycles. The van der Waals surface area contributed by atoms with Crippen molar-refractivity contribution >= 4 is 37.5 Å². The van der Waals surface area contributed by atoms with Crippen molar-refractivity contribution in [2.75, 3.05) is 12.3 Å². The normalized spacial score (nSPS) is 12.6. The second-order valence-electron chi connectivity index (χ2n) is 4.16. The summed E-state index contributed by atoms with van der Waals surface area (Å²) in [6.45, 7) is 4.56. The number of nitrogens with zero attached hydrogens (tertiary/aromatic N) is 2. The van der Waals surface area contributed by atoms with E-state index < -0.39 is 0 Å². The van der Waals surface area contributed by atoms with E-state index in [1.54, 1.807) is 0 Å². The number of anilines is 1. The Morgan fingerprint density at radius 3 is 2.75 bits per heavy atom. The zero-order chi connectivity index (χ0) is 14.7. The van der Waals surface area contributed by atoms with E-state index >= 15 is 0 Å². The van der Waals surface area contributed by atoms with Crippen LogP contribution in [0.2, 0.25) is 0 Å². The van der Waals surface area contributed by atoms with Crippen molar-refractivity contribution in [1.29, 1.82) is 0 Å². The topological polar surface area (TPSA) is 74.2 Å². The lowest BCUT2D eigenvalue weighted by molar-refractivity contribution is 0.0518. The Morgan fingerprint density at radius 1 is 1.35 bits per heavy atom. The van der Waals surface area contributed by atoms with Crippen LogP contribution in [0.1, 0.15) is 32.2 Å². The maximum absolute atomic E-state index is 6.03. The fourth-order valence-corrected chi connectivity index (χ4v) is 3.04. The predicted octanol–water partition coefficient (Wildman–Crippen LogP) is 4.33. The van der Waals surface area contributed by atoms with Crippen molar-refractivity contribution in [3.05, 3.63) is 26.9 Å². The van der Waals surface area contributed by atoms with Gasteiger partial charge in [-0.05, 0) is 41.4 Å². The quantitative estimate of drug-likeness (QED) is 0.750. The lowest BCUT2D eigenvalue weighted by Crippen LogP contribution is -2.04. The summed E-state index contributed by atoms with van der Waals surface area (Å²) < 4.78 is 12.5. The number of benzene rings is 1. The molecule has 0 spiro atoms. The van der Waals surface area contributed by atoms with Crippen LogP contribution in [-0.2, 0) is 4.74 Å². The highest BCUT2D eigenvalue weighted by molar-refractivity contribution is 9.11. The smallest absolute Gasteiger partial charge is 0.260 e. The minimum atomic E-state index is -0.158. The largest absolute Gasteiger partial charge is 0.397 e. The van der Waals surface area contributed by atoms with Gasteiger partial charge in [0.25, 0.3) is 5.89 Å². The fourth-order valence-electron chi connectivity index (χ4n) is 1.81. The van der Waals surface area contributed by atoms with Crippen molar-refractivity contribution < 1.29 is 9.26 Å². The molecule has 0 saturated carbocycles. The predicted molar refractivity (Wildman–Crippen MR) is 84.2 cm³/mol. The Morgan fingerprint density at radius 2 is 2.10 bits per heavy atom. The first kappa shape index (κ1) is 15.5. The molecule has 0 saturated heterocycles. The Bertz CT molecular complexity index is 601. The molecule has 0 fully saturated rings. The van der Waals surface area contributed by atoms with Crippen LogP contribution < -0.4 is 5.73 Å². The molecule has 0 amide bonds. The van der Waals surface area contributed by atoms with Crippen LogP contribution in [0.3, 0.4) is 0 Å². The Kier molecular flexibility index (Phi) is 5.17. The average Bonchev–Trinajstić information content (AvgIpc) is 2.89. The molecular formula is C13H15Br2N3O2. The first-order valence-corrected chi connectivity index (χ1v) is 7.85. The van der Waals surface area contributed by atoms with Crippen LogP contribution in [-0.4, -0.2) is 16.7 Å². The van der Waals surface area contributed by atoms with Crippen LogP contribution in [0.4, 0.5) is 5.69 Å². The van der Waals surface area contributed by atoms with Gasteiger partial charge in [0.05, 0.1) is 11.3 Å². The van der Waals surface area contributed by atoms with Crippen LogP contribution in [0.5, 0.6) is 0 Å². The van der Waals surface area contributed by atoms with Crippen molar-refractivity contribution in [3.63, 3.8) is 0 Å². The van der Waals surface area contributed by atoms with Gasteiger partial charge >= 0.3 is 0 Å². The van der Waals surface area contributed by atoms with E-state index in [1.165, 1.54) is 0 Å². The number of hydrogen-bond acceptors (Lipinski definition) is 5. The summed E-state index contributed by atoms with van der Waals surface area (Å²) in [7, 11) is 0. The van der Waals surface area contributed by atoms with Gasteiger partial charge in [-0.1, -0.05) is 28.0 Å². The van der Waals surface area contributed by atoms with E-state index in [0.29, 0.717) is 29.6 Å². The van der Waals surface area contributed by atoms with Crippen LogP contribution >= 0.6 is 31.9 Å². The van der Waals surface area contributed by atoms with Gasteiger partial charge in [0.1, 0.15) is 6.10 Å². The molecule has 0 aliphatic heterocycles. The SMILES string of the molecule is CCOC(CC)c1noc(-c2cc(Br)cc(Br)c2N)n1. The number of ether oxygens (including phenoxy) is 1. The number of nitrogens with two attached hydrogens (primary N) is 1. The van der Waals surface area contributed by atoms with Gasteiger partial charge in [-0.2, -0.15) is 4.98 Å². The van der Waals surface area contributed by atoms with Crippen molar-refractivity contribution in [2.24, 2.45) is 0 Å². The van der Waals surface area contributed by atoms with E-state index in [2.05, 4.69) is 42.0 Å². The third kappa shape index (κ3) is 3.21. The highest BCUT2D eigenvalue weighted by atomic mass is 79.9. The second-order valence-corrected chi connectivity index (χ2v) is 5.93. The number of rotatable bonds is 5. The molecule has 2 N–H and O–H groups in total. The maximum atomic E-state index is 6.03. The van der Waals surface area contributed by atoms with Crippen LogP contribution in [0.25, 0.3) is 11.5 Å². The van der Waals surface area contributed by atoms with Gasteiger partial charge in [0.2, 0.25) is 5.82 Å². The molecule has 20 heavy (non-hydrogen) atoms. The van der Waals surface area contributed by atoms with E-state index in [4.69, 9.17) is 15.0 Å². The summed E-state index contributed by atoms with van der Waals surface area (Å²) in [4.78, 5) is 4.39. The third-order valence-corrected chi connectivity index (χ3v) is 3.91. The minimum absolute atomic E-state index is 0.158. The van der Waals surface area contributed by atoms with Gasteiger partial charge in [0, 0.05) is 15.6 Å². The van der Waals surface area contributed by atoms with Crippen LogP contribution in [0, 0.1) is 0 Å². The summed E-state index contributed by atoms with van der Waals surface area (Å²) in [6.07, 6.45) is 0.624. The number of aromatic nitrogens is 2. The number of nitrogen functional groups attached to an aromatic ring is 1. The molecule has 1 unspecified atom stereocenters. The zero-order valence-corrected chi connectivity index (χ0v) is 14.4. The van der Waals surface area contributed by atoms with Gasteiger partial charge in [0.15, 0.2) is 0 Å². The molecule has 1 atom stereocenters. The third-order valence-electron chi connectivity index (χ3n) is 2.79. The number of hydrogen-bond donors (Lipinski definition) is 1. The van der Waals surface area contributed by atoms with Crippen LogP contribution in [0.15, 0.2) is 25.6 Å². The molecule has 7 heteroatoms. The Balaban J connectivity index is 2.38. The molecule has 0 bridgehead atoms. The molecule has 2 aromatic rings. The van der Waals surface area contributed by atoms with Gasteiger partial charge < -0.3 is 15.0 Å². The van der Waals surface area contributed by atoms with Gasteiger partial charge in [-0.3, -0.25) is 0 Å². The molecule has 0 aliphatic rings. The summed E-state index contributed by atoms with van der Waals surface area (Å²) >= 11 is 6.82. The molecule has 0 aliphatic carbocycles. The lowest BCUT2D eigenvalue weighted by Gasteiger charge is -2.09. The molecule has 0 radical (unpaired) electrons. The summed E-state index contributed by atoms with van der Waals surface area (Å²) in [5.74, 6) is 0.928. The highest BCUT2D eigenvalue weighted by Crippen LogP contribution is 2.35. The zero-order valence-electron chi connectivity index (χ0n) is 11.2. The fraction of sp³-hybridized carbons (Fsp3) is 0.385. The van der Waals surface area contributed by atoms with E-state index in [1.807, 2.05) is 26.0 Å². The van der Waals surface area contributed by atoms with Crippen molar-refractivity contribution in [3.8, 4) is 11.5 Å². The molecule has 2 rings (SSSR count). The minimum Gasteiger partial charge on any atom is -0.397 e. The summed E-state index contributed by atoms with van der Waals surface area (Å²) in [5.41, 5.74) is 7.29. The monoisotopic (exact) mass is 403 g/mol. The standard InChI is InChI=1S/C13H15Br2N3O2/c1-3-10(19-4-2)12-17-13(20-18-12)8-5-7(14)6-9(15)11(8)16/h5-6,10H,3-4,16H2,1-2H3. The summed E-state index contributed by atoms with van der Waals surface area (Å²) in [6, 6.07) is 3.71. The van der Waals surface area contributed by atoms with Crippen molar-refractivity contribution in [1.82, 2.24) is 10.1 Å². The highest BCUT2D eigenvalue weighted by Gasteiger charge is 2.19. The van der Waals surface area contributed by atoms with E-state index in [-0.39, 0.29) is 6.10 Å². The number of halogens is 2. The first-order valence-electron chi connectivity index (χ1n) is 6.26. The summed E-state index contributed by atoms with van der Waals surface area (Å²) in [5, 5.41) is 3.99. The lowest BCUT2D eigenvalue weighted by atomic mass is 10.2. The molecule has 108 valence electrons. The first-order chi connectivity index (χ1) is 9.56. The van der Waals surface area contributed by atoms with Gasteiger partial charge in [-0.25, -0.2) is 0 Å². The van der Waals surface area contributed by atoms with Crippen molar-refractivity contribution in [2.45, 2.75) is 26.4 Å². The average molecular weight is 405 g/mol. The Labute approximate surface area is 134 Å².